The van der Waals surface area contributed by atoms with E-state index in [1.807, 2.05) is 5.38 Å². The lowest BCUT2D eigenvalue weighted by Crippen LogP contribution is -2.22. The predicted molar refractivity (Wildman–Crippen MR) is 69.1 cm³/mol. The number of rotatable bonds is 3. The van der Waals surface area contributed by atoms with Crippen molar-refractivity contribution in [3.05, 3.63) is 44.8 Å². The van der Waals surface area contributed by atoms with Crippen LogP contribution in [0.4, 0.5) is 0 Å². The van der Waals surface area contributed by atoms with Crippen molar-refractivity contribution >= 4 is 33.2 Å². The molecule has 2 rings (SSSR count). The smallest absolute Gasteiger partial charge is 0.251 e. The zero-order chi connectivity index (χ0) is 12.3. The van der Waals surface area contributed by atoms with Gasteiger partial charge in [-0.3, -0.25) is 4.79 Å². The molecular formula is C11H9BrN2O2S. The van der Waals surface area contributed by atoms with E-state index in [9.17, 15) is 9.90 Å². The van der Waals surface area contributed by atoms with Crippen molar-refractivity contribution in [1.82, 2.24) is 10.3 Å². The van der Waals surface area contributed by atoms with Crippen LogP contribution >= 0.6 is 27.3 Å². The van der Waals surface area contributed by atoms with Gasteiger partial charge in [0.2, 0.25) is 0 Å². The fourth-order valence-corrected chi connectivity index (χ4v) is 2.06. The summed E-state index contributed by atoms with van der Waals surface area (Å²) in [4.78, 5) is 15.8. The van der Waals surface area contributed by atoms with Gasteiger partial charge in [0.15, 0.2) is 0 Å². The van der Waals surface area contributed by atoms with Crippen molar-refractivity contribution in [2.75, 3.05) is 0 Å². The molecule has 0 spiro atoms. The molecule has 88 valence electrons. The van der Waals surface area contributed by atoms with Gasteiger partial charge in [-0.2, -0.15) is 0 Å². The number of carbonyl (C=O) groups excluding carboxylic acids is 1. The number of aromatic hydroxyl groups is 1. The van der Waals surface area contributed by atoms with Crippen molar-refractivity contribution in [3.8, 4) is 5.75 Å². The van der Waals surface area contributed by atoms with Crippen molar-refractivity contribution in [1.29, 1.82) is 0 Å². The van der Waals surface area contributed by atoms with Crippen LogP contribution in [0.3, 0.4) is 0 Å². The van der Waals surface area contributed by atoms with E-state index in [1.165, 1.54) is 17.4 Å². The van der Waals surface area contributed by atoms with Gasteiger partial charge in [-0.05, 0) is 34.1 Å². The predicted octanol–water partition coefficient (Wildman–Crippen LogP) is 2.54. The Morgan fingerprint density at radius 3 is 3.00 bits per heavy atom. The highest BCUT2D eigenvalue weighted by Crippen LogP contribution is 2.24. The minimum atomic E-state index is -0.235. The Bertz CT molecular complexity index is 528. The molecule has 1 aromatic heterocycles. The lowest BCUT2D eigenvalue weighted by molar-refractivity contribution is 0.0950. The molecule has 0 saturated heterocycles. The summed E-state index contributed by atoms with van der Waals surface area (Å²) in [5.74, 6) is -0.188. The molecule has 0 bridgehead atoms. The normalized spacial score (nSPS) is 10.2. The lowest BCUT2D eigenvalue weighted by Gasteiger charge is -2.04. The Hall–Kier alpha value is -1.40. The van der Waals surface area contributed by atoms with E-state index in [0.717, 1.165) is 5.69 Å². The van der Waals surface area contributed by atoms with Crippen molar-refractivity contribution in [2.45, 2.75) is 6.54 Å². The summed E-state index contributed by atoms with van der Waals surface area (Å²) in [6, 6.07) is 4.69. The first kappa shape index (κ1) is 12.1. The molecule has 2 N–H and O–H groups in total. The number of benzene rings is 1. The summed E-state index contributed by atoms with van der Waals surface area (Å²) >= 11 is 4.64. The average molecular weight is 313 g/mol. The first-order chi connectivity index (χ1) is 8.16. The standard InChI is InChI=1S/C11H9BrN2O2S/c12-9-2-1-7(3-10(9)15)11(16)13-4-8-5-17-6-14-8/h1-3,5-6,15H,4H2,(H,13,16). The fourth-order valence-electron chi connectivity index (χ4n) is 1.25. The molecule has 1 heterocycles. The van der Waals surface area contributed by atoms with Crippen molar-refractivity contribution in [2.24, 2.45) is 0 Å². The van der Waals surface area contributed by atoms with Crippen molar-refractivity contribution < 1.29 is 9.90 Å². The van der Waals surface area contributed by atoms with Crippen LogP contribution in [0.5, 0.6) is 5.75 Å². The van der Waals surface area contributed by atoms with Gasteiger partial charge in [-0.1, -0.05) is 0 Å². The molecule has 17 heavy (non-hydrogen) atoms. The minimum Gasteiger partial charge on any atom is -0.507 e. The number of nitrogens with one attached hydrogen (secondary N) is 1. The molecule has 2 aromatic rings. The summed E-state index contributed by atoms with van der Waals surface area (Å²) in [7, 11) is 0. The van der Waals surface area contributed by atoms with Gasteiger partial charge in [-0.25, -0.2) is 4.98 Å². The number of carbonyl (C=O) groups is 1. The number of halogens is 1. The molecule has 0 aliphatic rings. The van der Waals surface area contributed by atoms with Crippen LogP contribution in [-0.2, 0) is 6.54 Å². The van der Waals surface area contributed by atoms with E-state index in [4.69, 9.17) is 0 Å². The van der Waals surface area contributed by atoms with Gasteiger partial charge in [0.25, 0.3) is 5.91 Å². The maximum atomic E-state index is 11.7. The zero-order valence-corrected chi connectivity index (χ0v) is 11.1. The van der Waals surface area contributed by atoms with E-state index < -0.39 is 0 Å². The highest BCUT2D eigenvalue weighted by atomic mass is 79.9. The second kappa shape index (κ2) is 5.29. The van der Waals surface area contributed by atoms with Gasteiger partial charge < -0.3 is 10.4 Å². The SMILES string of the molecule is O=C(NCc1cscn1)c1ccc(Br)c(O)c1. The molecular weight excluding hydrogens is 304 g/mol. The van der Waals surface area contributed by atoms with Crippen LogP contribution < -0.4 is 5.32 Å². The van der Waals surface area contributed by atoms with Crippen LogP contribution in [0, 0.1) is 0 Å². The summed E-state index contributed by atoms with van der Waals surface area (Å²) < 4.78 is 0.563. The van der Waals surface area contributed by atoms with Crippen LogP contribution in [0.15, 0.2) is 33.6 Å². The molecule has 0 aliphatic carbocycles. The molecule has 0 aliphatic heterocycles. The first-order valence-electron chi connectivity index (χ1n) is 4.80. The molecule has 1 aromatic carbocycles. The summed E-state index contributed by atoms with van der Waals surface area (Å²) in [5, 5.41) is 14.1. The molecule has 0 fully saturated rings. The van der Waals surface area contributed by atoms with Gasteiger partial charge in [0.05, 0.1) is 22.2 Å². The highest BCUT2D eigenvalue weighted by Gasteiger charge is 2.08. The van der Waals surface area contributed by atoms with E-state index >= 15 is 0 Å². The first-order valence-corrected chi connectivity index (χ1v) is 6.54. The zero-order valence-electron chi connectivity index (χ0n) is 8.68. The van der Waals surface area contributed by atoms with Gasteiger partial charge in [0, 0.05) is 10.9 Å². The summed E-state index contributed by atoms with van der Waals surface area (Å²) in [6.07, 6.45) is 0. The quantitative estimate of drug-likeness (QED) is 0.915. The summed E-state index contributed by atoms with van der Waals surface area (Å²) in [6.45, 7) is 0.388. The number of hydrogen-bond donors (Lipinski definition) is 2. The summed E-state index contributed by atoms with van der Waals surface area (Å²) in [5.41, 5.74) is 2.96. The molecule has 6 heteroatoms. The Morgan fingerprint density at radius 2 is 2.35 bits per heavy atom. The van der Waals surface area contributed by atoms with E-state index in [2.05, 4.69) is 26.2 Å². The third-order valence-corrected chi connectivity index (χ3v) is 3.43. The number of phenols is 1. The number of phenolic OH excluding ortho intramolecular Hbond substituents is 1. The third-order valence-electron chi connectivity index (χ3n) is 2.12. The molecule has 0 unspecified atom stereocenters. The van der Waals surface area contributed by atoms with Crippen molar-refractivity contribution in [3.63, 3.8) is 0 Å². The maximum absolute atomic E-state index is 11.7. The Kier molecular flexibility index (Phi) is 3.75. The van der Waals surface area contributed by atoms with E-state index in [1.54, 1.807) is 17.6 Å². The maximum Gasteiger partial charge on any atom is 0.251 e. The second-order valence-electron chi connectivity index (χ2n) is 3.33. The monoisotopic (exact) mass is 312 g/mol. The van der Waals surface area contributed by atoms with Crippen LogP contribution in [0.2, 0.25) is 0 Å². The van der Waals surface area contributed by atoms with Gasteiger partial charge >= 0.3 is 0 Å². The van der Waals surface area contributed by atoms with E-state index in [-0.39, 0.29) is 11.7 Å². The largest absolute Gasteiger partial charge is 0.507 e. The van der Waals surface area contributed by atoms with Crippen LogP contribution in [0.25, 0.3) is 0 Å². The number of thiazole rings is 1. The van der Waals surface area contributed by atoms with Gasteiger partial charge in [0.1, 0.15) is 5.75 Å². The Balaban J connectivity index is 2.02. The van der Waals surface area contributed by atoms with Crippen LogP contribution in [0.1, 0.15) is 16.1 Å². The second-order valence-corrected chi connectivity index (χ2v) is 4.90. The Morgan fingerprint density at radius 1 is 1.53 bits per heavy atom. The number of nitrogens with zero attached hydrogens (tertiary/aromatic N) is 1. The molecule has 4 nitrogen and oxygen atoms in total. The van der Waals surface area contributed by atoms with Gasteiger partial charge in [-0.15, -0.1) is 11.3 Å². The number of amides is 1. The average Bonchev–Trinajstić information content (AvgIpc) is 2.82. The van der Waals surface area contributed by atoms with E-state index in [0.29, 0.717) is 16.6 Å². The van der Waals surface area contributed by atoms with Crippen LogP contribution in [-0.4, -0.2) is 16.0 Å². The lowest BCUT2D eigenvalue weighted by atomic mass is 10.2. The highest BCUT2D eigenvalue weighted by molar-refractivity contribution is 9.10. The molecule has 1 amide bonds. The fraction of sp³-hybridized carbons (Fsp3) is 0.0909. The molecule has 0 saturated carbocycles. The topological polar surface area (TPSA) is 62.2 Å². The number of aromatic nitrogens is 1. The number of hydrogen-bond acceptors (Lipinski definition) is 4. The minimum absolute atomic E-state index is 0.0475. The molecule has 0 radical (unpaired) electrons. The third kappa shape index (κ3) is 3.04. The molecule has 0 atom stereocenters. The Labute approximate surface area is 110 Å².